The van der Waals surface area contributed by atoms with Gasteiger partial charge in [-0.3, -0.25) is 9.59 Å². The number of rotatable bonds is 4. The Morgan fingerprint density at radius 2 is 2.00 bits per heavy atom. The Morgan fingerprint density at radius 1 is 1.27 bits per heavy atom. The summed E-state index contributed by atoms with van der Waals surface area (Å²) in [5.41, 5.74) is 2.94. The summed E-state index contributed by atoms with van der Waals surface area (Å²) in [5, 5.41) is 16.1. The van der Waals surface area contributed by atoms with Gasteiger partial charge >= 0.3 is 0 Å². The number of amides is 2. The van der Waals surface area contributed by atoms with Crippen LogP contribution in [0.5, 0.6) is 11.5 Å². The molecule has 0 saturated heterocycles. The van der Waals surface area contributed by atoms with Crippen molar-refractivity contribution in [2.24, 2.45) is 0 Å². The molecule has 0 bridgehead atoms. The van der Waals surface area contributed by atoms with Crippen LogP contribution in [0.3, 0.4) is 0 Å². The molecule has 2 aromatic carbocycles. The quantitative estimate of drug-likeness (QED) is 0.567. The van der Waals surface area contributed by atoms with E-state index in [2.05, 4.69) is 10.6 Å². The number of benzene rings is 2. The average Bonchev–Trinajstić information content (AvgIpc) is 3.06. The summed E-state index contributed by atoms with van der Waals surface area (Å²) >= 11 is 1.21. The predicted octanol–water partition coefficient (Wildman–Crippen LogP) is 4.64. The Morgan fingerprint density at radius 3 is 2.70 bits per heavy atom. The Kier molecular flexibility index (Phi) is 5.17. The van der Waals surface area contributed by atoms with Crippen molar-refractivity contribution in [3.63, 3.8) is 0 Å². The average molecular weight is 426 g/mol. The molecule has 6 nitrogen and oxygen atoms in total. The third kappa shape index (κ3) is 3.61. The Bertz CT molecular complexity index is 1140. The number of anilines is 2. The van der Waals surface area contributed by atoms with E-state index in [9.17, 15) is 19.1 Å². The Balaban J connectivity index is 1.71. The smallest absolute Gasteiger partial charge is 0.266 e. The van der Waals surface area contributed by atoms with Crippen molar-refractivity contribution in [2.45, 2.75) is 19.3 Å². The number of phenols is 1. The first-order chi connectivity index (χ1) is 14.4. The van der Waals surface area contributed by atoms with E-state index >= 15 is 0 Å². The summed E-state index contributed by atoms with van der Waals surface area (Å²) in [6.45, 7) is 1.84. The second kappa shape index (κ2) is 7.79. The molecule has 2 heterocycles. The third-order valence-corrected chi connectivity index (χ3v) is 6.32. The molecule has 3 N–H and O–H groups in total. The van der Waals surface area contributed by atoms with E-state index in [1.807, 2.05) is 6.92 Å². The lowest BCUT2D eigenvalue weighted by molar-refractivity contribution is -0.116. The van der Waals surface area contributed by atoms with Gasteiger partial charge in [-0.15, -0.1) is 11.3 Å². The number of aromatic hydroxyl groups is 1. The summed E-state index contributed by atoms with van der Waals surface area (Å²) < 4.78 is 18.3. The maximum absolute atomic E-state index is 13.1. The van der Waals surface area contributed by atoms with Gasteiger partial charge in [0.1, 0.15) is 5.82 Å². The molecule has 0 spiro atoms. The van der Waals surface area contributed by atoms with Crippen molar-refractivity contribution in [3.8, 4) is 11.5 Å². The highest BCUT2D eigenvalue weighted by atomic mass is 32.1. The van der Waals surface area contributed by atoms with E-state index in [0.717, 1.165) is 16.7 Å². The van der Waals surface area contributed by atoms with Gasteiger partial charge in [0.2, 0.25) is 5.91 Å². The lowest BCUT2D eigenvalue weighted by Crippen LogP contribution is -2.22. The van der Waals surface area contributed by atoms with Crippen LogP contribution in [0.2, 0.25) is 0 Å². The fourth-order valence-corrected chi connectivity index (χ4v) is 4.82. The van der Waals surface area contributed by atoms with E-state index in [4.69, 9.17) is 4.74 Å². The largest absolute Gasteiger partial charge is 0.504 e. The zero-order chi connectivity index (χ0) is 21.4. The van der Waals surface area contributed by atoms with Crippen molar-refractivity contribution in [3.05, 3.63) is 69.8 Å². The summed E-state index contributed by atoms with van der Waals surface area (Å²) in [6, 6.07) is 10.5. The number of carbonyl (C=O) groups excluding carboxylic acids is 2. The van der Waals surface area contributed by atoms with Gasteiger partial charge in [-0.25, -0.2) is 4.39 Å². The van der Waals surface area contributed by atoms with Crippen LogP contribution < -0.4 is 15.4 Å². The molecule has 1 aliphatic heterocycles. The van der Waals surface area contributed by atoms with Gasteiger partial charge in [0, 0.05) is 18.0 Å². The van der Waals surface area contributed by atoms with E-state index < -0.39 is 0 Å². The minimum atomic E-state index is -0.384. The minimum absolute atomic E-state index is 0.0168. The first-order valence-corrected chi connectivity index (χ1v) is 10.1. The number of halogens is 1. The highest BCUT2D eigenvalue weighted by Crippen LogP contribution is 2.46. The Labute approximate surface area is 176 Å². The molecular weight excluding hydrogens is 407 g/mol. The first kappa shape index (κ1) is 19.9. The molecule has 1 unspecified atom stereocenters. The second-order valence-corrected chi connectivity index (χ2v) is 8.02. The van der Waals surface area contributed by atoms with Crippen LogP contribution in [-0.2, 0) is 4.79 Å². The van der Waals surface area contributed by atoms with E-state index in [-0.39, 0.29) is 35.7 Å². The van der Waals surface area contributed by atoms with Crippen LogP contribution in [-0.4, -0.2) is 24.0 Å². The standard InChI is InChI=1S/C22H19FN2O4S/c1-11-19-15(12-3-8-16(26)17(9-12)29-2)10-18(27)25-22(19)30-20(11)21(28)24-14-6-4-13(23)5-7-14/h3-9,15,26H,10H2,1-2H3,(H,24,28)(H,25,27). The third-order valence-electron chi connectivity index (χ3n) is 5.10. The fourth-order valence-electron chi connectivity index (χ4n) is 3.64. The topological polar surface area (TPSA) is 87.7 Å². The molecule has 3 aromatic rings. The van der Waals surface area contributed by atoms with E-state index in [1.165, 1.54) is 48.8 Å². The number of ether oxygens (including phenoxy) is 1. The molecular formula is C22H19FN2O4S. The van der Waals surface area contributed by atoms with Crippen molar-refractivity contribution in [1.29, 1.82) is 0 Å². The molecule has 154 valence electrons. The van der Waals surface area contributed by atoms with Crippen LogP contribution in [0, 0.1) is 12.7 Å². The number of nitrogens with one attached hydrogen (secondary N) is 2. The van der Waals surface area contributed by atoms with Crippen LogP contribution in [0.25, 0.3) is 0 Å². The van der Waals surface area contributed by atoms with Crippen LogP contribution in [0.1, 0.15) is 38.7 Å². The van der Waals surface area contributed by atoms with Gasteiger partial charge < -0.3 is 20.5 Å². The molecule has 2 amide bonds. The molecule has 8 heteroatoms. The number of fused-ring (bicyclic) bond motifs is 1. The zero-order valence-electron chi connectivity index (χ0n) is 16.3. The molecule has 0 aliphatic carbocycles. The highest BCUT2D eigenvalue weighted by Gasteiger charge is 2.33. The van der Waals surface area contributed by atoms with Crippen molar-refractivity contribution in [2.75, 3.05) is 17.7 Å². The van der Waals surface area contributed by atoms with Gasteiger partial charge in [0.15, 0.2) is 11.5 Å². The molecule has 0 saturated carbocycles. The molecule has 0 radical (unpaired) electrons. The van der Waals surface area contributed by atoms with Gasteiger partial charge in [-0.05, 0) is 60.0 Å². The van der Waals surface area contributed by atoms with Gasteiger partial charge in [0.05, 0.1) is 17.0 Å². The number of thiophene rings is 1. The predicted molar refractivity (Wildman–Crippen MR) is 113 cm³/mol. The molecule has 1 aromatic heterocycles. The van der Waals surface area contributed by atoms with Crippen molar-refractivity contribution < 1.29 is 23.8 Å². The van der Waals surface area contributed by atoms with Gasteiger partial charge in [-0.1, -0.05) is 6.07 Å². The second-order valence-electron chi connectivity index (χ2n) is 7.00. The summed E-state index contributed by atoms with van der Waals surface area (Å²) in [7, 11) is 1.46. The number of hydrogen-bond acceptors (Lipinski definition) is 5. The number of phenolic OH excluding ortho intramolecular Hbond substituents is 1. The minimum Gasteiger partial charge on any atom is -0.504 e. The molecule has 0 fully saturated rings. The summed E-state index contributed by atoms with van der Waals surface area (Å²) in [5.74, 6) is -0.788. The lowest BCUT2D eigenvalue weighted by atomic mass is 9.84. The molecule has 30 heavy (non-hydrogen) atoms. The normalized spacial score (nSPS) is 15.3. The highest BCUT2D eigenvalue weighted by molar-refractivity contribution is 7.18. The zero-order valence-corrected chi connectivity index (χ0v) is 17.1. The lowest BCUT2D eigenvalue weighted by Gasteiger charge is -2.24. The SMILES string of the molecule is COc1cc(C2CC(=O)Nc3sc(C(=O)Nc4ccc(F)cc4)c(C)c32)ccc1O. The summed E-state index contributed by atoms with van der Waals surface area (Å²) in [4.78, 5) is 25.6. The number of methoxy groups -OCH3 is 1. The maximum atomic E-state index is 13.1. The molecule has 1 atom stereocenters. The molecule has 1 aliphatic rings. The first-order valence-electron chi connectivity index (χ1n) is 9.24. The Hall–Kier alpha value is -3.39. The van der Waals surface area contributed by atoms with E-state index in [1.54, 1.807) is 12.1 Å². The number of hydrogen-bond donors (Lipinski definition) is 3. The fraction of sp³-hybridized carbons (Fsp3) is 0.182. The van der Waals surface area contributed by atoms with E-state index in [0.29, 0.717) is 21.3 Å². The van der Waals surface area contributed by atoms with Crippen molar-refractivity contribution >= 4 is 33.8 Å². The van der Waals surface area contributed by atoms with Gasteiger partial charge in [-0.2, -0.15) is 0 Å². The van der Waals surface area contributed by atoms with Crippen LogP contribution in [0.4, 0.5) is 15.1 Å². The maximum Gasteiger partial charge on any atom is 0.266 e. The van der Waals surface area contributed by atoms with Crippen molar-refractivity contribution in [1.82, 2.24) is 0 Å². The van der Waals surface area contributed by atoms with Crippen LogP contribution in [0.15, 0.2) is 42.5 Å². The van der Waals surface area contributed by atoms with Gasteiger partial charge in [0.25, 0.3) is 5.91 Å². The monoisotopic (exact) mass is 426 g/mol. The molecule has 4 rings (SSSR count). The summed E-state index contributed by atoms with van der Waals surface area (Å²) in [6.07, 6.45) is 0.220. The number of carbonyl (C=O) groups is 2. The van der Waals surface area contributed by atoms with Crippen LogP contribution >= 0.6 is 11.3 Å².